The van der Waals surface area contributed by atoms with Gasteiger partial charge < -0.3 is 16.5 Å². The summed E-state index contributed by atoms with van der Waals surface area (Å²) in [4.78, 5) is 4.11. The van der Waals surface area contributed by atoms with Crippen LogP contribution in [0.2, 0.25) is 0 Å². The van der Waals surface area contributed by atoms with E-state index in [9.17, 15) is 0 Å². The van der Waals surface area contributed by atoms with Crippen LogP contribution in [-0.4, -0.2) is 23.5 Å². The summed E-state index contributed by atoms with van der Waals surface area (Å²) in [6.07, 6.45) is 1.79. The molecule has 1 aromatic heterocycles. The Morgan fingerprint density at radius 3 is 2.92 bits per heavy atom. The van der Waals surface area contributed by atoms with Gasteiger partial charge in [-0.05, 0) is 24.6 Å². The van der Waals surface area contributed by atoms with Gasteiger partial charge >= 0.3 is 0 Å². The molecule has 0 aliphatic heterocycles. The second-order valence-electron chi connectivity index (χ2n) is 2.43. The van der Waals surface area contributed by atoms with Crippen molar-refractivity contribution in [2.75, 3.05) is 18.4 Å². The summed E-state index contributed by atoms with van der Waals surface area (Å²) in [5, 5.41) is 3.10. The molecule has 4 heteroatoms. The summed E-state index contributed by atoms with van der Waals surface area (Å²) >= 11 is 0. The van der Waals surface area contributed by atoms with E-state index in [4.69, 9.17) is 5.73 Å². The highest BCUT2D eigenvalue weighted by atomic mass is 16.0. The second-order valence-corrected chi connectivity index (χ2v) is 2.43. The van der Waals surface area contributed by atoms with Gasteiger partial charge in [-0.15, -0.1) is 0 Å². The van der Waals surface area contributed by atoms with Crippen molar-refractivity contribution >= 4 is 5.82 Å². The van der Waals surface area contributed by atoms with Gasteiger partial charge in [0.05, 0.1) is 0 Å². The highest BCUT2D eigenvalue weighted by molar-refractivity contribution is 5.36. The number of nitrogens with one attached hydrogen (secondary N) is 1. The van der Waals surface area contributed by atoms with Crippen molar-refractivity contribution in [1.29, 1.82) is 0 Å². The lowest BCUT2D eigenvalue weighted by atomic mass is 10.3. The van der Waals surface area contributed by atoms with E-state index >= 15 is 0 Å². The predicted molar refractivity (Wildman–Crippen MR) is 50.1 cm³/mol. The summed E-state index contributed by atoms with van der Waals surface area (Å²) in [6, 6.07) is 3.96. The maximum atomic E-state index is 5.32. The van der Waals surface area contributed by atoms with E-state index in [-0.39, 0.29) is 5.48 Å². The molecule has 0 bridgehead atoms. The first-order valence-corrected chi connectivity index (χ1v) is 3.69. The van der Waals surface area contributed by atoms with Crippen LogP contribution in [0.15, 0.2) is 18.3 Å². The first-order valence-electron chi connectivity index (χ1n) is 3.69. The van der Waals surface area contributed by atoms with Crippen molar-refractivity contribution in [1.82, 2.24) is 4.98 Å². The molecule has 0 aromatic carbocycles. The third-order valence-electron chi connectivity index (χ3n) is 1.37. The number of hydrogen-bond acceptors (Lipinski definition) is 3. The number of pyridine rings is 1. The number of aryl methyl sites for hydroxylation is 1. The molecule has 68 valence electrons. The molecule has 0 unspecified atom stereocenters. The largest absolute Gasteiger partial charge is 0.412 e. The Bertz CT molecular complexity index is 227. The Morgan fingerprint density at radius 1 is 1.58 bits per heavy atom. The lowest BCUT2D eigenvalue weighted by Gasteiger charge is -2.02. The summed E-state index contributed by atoms with van der Waals surface area (Å²) in [5.74, 6) is 0.899. The van der Waals surface area contributed by atoms with Gasteiger partial charge in [0.15, 0.2) is 0 Å². The fourth-order valence-electron chi connectivity index (χ4n) is 0.833. The standard InChI is InChI=1S/C8H13N3.H2O/c1-7-2-4-10-8(6-7)11-5-3-9;/h2,4,6H,3,5,9H2,1H3,(H,10,11);1H2. The quantitative estimate of drug-likeness (QED) is 0.664. The minimum Gasteiger partial charge on any atom is -0.412 e. The van der Waals surface area contributed by atoms with E-state index in [1.807, 2.05) is 19.1 Å². The number of aromatic nitrogens is 1. The van der Waals surface area contributed by atoms with Gasteiger partial charge in [0, 0.05) is 19.3 Å². The van der Waals surface area contributed by atoms with Crippen molar-refractivity contribution in [2.45, 2.75) is 6.92 Å². The summed E-state index contributed by atoms with van der Waals surface area (Å²) in [6.45, 7) is 3.45. The molecule has 0 atom stereocenters. The number of rotatable bonds is 3. The summed E-state index contributed by atoms with van der Waals surface area (Å²) in [5.41, 5.74) is 6.53. The Kier molecular flexibility index (Phi) is 4.99. The van der Waals surface area contributed by atoms with E-state index in [2.05, 4.69) is 10.3 Å². The van der Waals surface area contributed by atoms with E-state index in [1.165, 1.54) is 5.56 Å². The zero-order chi connectivity index (χ0) is 8.10. The van der Waals surface area contributed by atoms with Gasteiger partial charge in [0.1, 0.15) is 5.82 Å². The van der Waals surface area contributed by atoms with Crippen molar-refractivity contribution in [2.24, 2.45) is 5.73 Å². The molecule has 12 heavy (non-hydrogen) atoms. The van der Waals surface area contributed by atoms with Crippen molar-refractivity contribution in [3.8, 4) is 0 Å². The van der Waals surface area contributed by atoms with Gasteiger partial charge in [-0.3, -0.25) is 0 Å². The zero-order valence-electron chi connectivity index (χ0n) is 7.17. The highest BCUT2D eigenvalue weighted by Gasteiger charge is 1.90. The molecule has 0 saturated carbocycles. The maximum absolute atomic E-state index is 5.32. The van der Waals surface area contributed by atoms with E-state index in [0.29, 0.717) is 6.54 Å². The van der Waals surface area contributed by atoms with Gasteiger partial charge in [-0.2, -0.15) is 0 Å². The van der Waals surface area contributed by atoms with Crippen LogP contribution in [0.4, 0.5) is 5.82 Å². The monoisotopic (exact) mass is 169 g/mol. The highest BCUT2D eigenvalue weighted by Crippen LogP contribution is 2.03. The lowest BCUT2D eigenvalue weighted by molar-refractivity contribution is 0.824. The number of hydrogen-bond donors (Lipinski definition) is 2. The molecule has 0 fully saturated rings. The van der Waals surface area contributed by atoms with E-state index in [1.54, 1.807) is 6.20 Å². The SMILES string of the molecule is Cc1ccnc(NCCN)c1.O. The Balaban J connectivity index is 0.00000121. The average Bonchev–Trinajstić information content (AvgIpc) is 2.01. The van der Waals surface area contributed by atoms with Crippen LogP contribution in [0.3, 0.4) is 0 Å². The molecule has 0 saturated heterocycles. The molecule has 0 aliphatic rings. The van der Waals surface area contributed by atoms with Crippen molar-refractivity contribution < 1.29 is 5.48 Å². The van der Waals surface area contributed by atoms with Crippen LogP contribution in [0.25, 0.3) is 0 Å². The fraction of sp³-hybridized carbons (Fsp3) is 0.375. The van der Waals surface area contributed by atoms with Crippen LogP contribution in [-0.2, 0) is 0 Å². The Hall–Kier alpha value is -1.13. The summed E-state index contributed by atoms with van der Waals surface area (Å²) < 4.78 is 0. The molecule has 1 aromatic rings. The first-order chi connectivity index (χ1) is 5.33. The van der Waals surface area contributed by atoms with Crippen LogP contribution in [0.1, 0.15) is 5.56 Å². The third kappa shape index (κ3) is 3.32. The lowest BCUT2D eigenvalue weighted by Crippen LogP contribution is -2.13. The van der Waals surface area contributed by atoms with Gasteiger partial charge in [0.25, 0.3) is 0 Å². The molecule has 1 heterocycles. The van der Waals surface area contributed by atoms with Crippen LogP contribution in [0.5, 0.6) is 0 Å². The molecule has 5 N–H and O–H groups in total. The predicted octanol–water partition coefficient (Wildman–Crippen LogP) is -0.0641. The Labute approximate surface area is 72.1 Å². The normalized spacial score (nSPS) is 8.83. The van der Waals surface area contributed by atoms with E-state index < -0.39 is 0 Å². The average molecular weight is 169 g/mol. The number of anilines is 1. The first kappa shape index (κ1) is 10.9. The molecule has 0 radical (unpaired) electrons. The molecular formula is C8H15N3O. The minimum absolute atomic E-state index is 0. The topological polar surface area (TPSA) is 82.4 Å². The Morgan fingerprint density at radius 2 is 2.33 bits per heavy atom. The van der Waals surface area contributed by atoms with Crippen LogP contribution < -0.4 is 11.1 Å². The third-order valence-corrected chi connectivity index (χ3v) is 1.37. The fourth-order valence-corrected chi connectivity index (χ4v) is 0.833. The van der Waals surface area contributed by atoms with Crippen molar-refractivity contribution in [3.05, 3.63) is 23.9 Å². The maximum Gasteiger partial charge on any atom is 0.126 e. The van der Waals surface area contributed by atoms with Gasteiger partial charge in [-0.25, -0.2) is 4.98 Å². The van der Waals surface area contributed by atoms with Crippen LogP contribution in [0, 0.1) is 6.92 Å². The van der Waals surface area contributed by atoms with E-state index in [0.717, 1.165) is 12.4 Å². The van der Waals surface area contributed by atoms with Gasteiger partial charge in [0.2, 0.25) is 0 Å². The molecule has 1 rings (SSSR count). The molecule has 0 amide bonds. The van der Waals surface area contributed by atoms with Gasteiger partial charge in [-0.1, -0.05) is 0 Å². The van der Waals surface area contributed by atoms with Crippen molar-refractivity contribution in [3.63, 3.8) is 0 Å². The summed E-state index contributed by atoms with van der Waals surface area (Å²) in [7, 11) is 0. The second kappa shape index (κ2) is 5.51. The molecule has 0 aliphatic carbocycles. The molecular weight excluding hydrogens is 154 g/mol. The smallest absolute Gasteiger partial charge is 0.126 e. The molecule has 4 nitrogen and oxygen atoms in total. The zero-order valence-corrected chi connectivity index (χ0v) is 7.17. The molecule has 0 spiro atoms. The minimum atomic E-state index is 0. The number of nitrogens with zero attached hydrogens (tertiary/aromatic N) is 1. The number of nitrogens with two attached hydrogens (primary N) is 1. The van der Waals surface area contributed by atoms with Crippen LogP contribution >= 0.6 is 0 Å².